The first-order chi connectivity index (χ1) is 26.1. The van der Waals surface area contributed by atoms with Crippen LogP contribution >= 0.6 is 0 Å². The Balaban J connectivity index is -0.000000505. The molecule has 54 heavy (non-hydrogen) atoms. The van der Waals surface area contributed by atoms with Gasteiger partial charge >= 0.3 is 5.97 Å². The number of hydrogen-bond donors (Lipinski definition) is 14. The van der Waals surface area contributed by atoms with Crippen LogP contribution in [0, 0.1) is 0 Å². The number of nitrogens with two attached hydrogens (primary N) is 8. The van der Waals surface area contributed by atoms with Crippen molar-refractivity contribution in [1.29, 1.82) is 0 Å². The molecule has 21 heteroatoms. The van der Waals surface area contributed by atoms with Crippen molar-refractivity contribution in [3.8, 4) is 0 Å². The maximum atomic E-state index is 11.6. The fourth-order valence-electron chi connectivity index (χ4n) is 3.89. The van der Waals surface area contributed by atoms with Gasteiger partial charge in [0.1, 0.15) is 0 Å². The fourth-order valence-corrected chi connectivity index (χ4v) is 3.89. The molecule has 0 rings (SSSR count). The number of methoxy groups -OCH3 is 1. The van der Waals surface area contributed by atoms with Crippen LogP contribution in [-0.4, -0.2) is 191 Å². The number of carbonyl (C=O) groups is 4. The third-order valence-corrected chi connectivity index (χ3v) is 6.67. The highest BCUT2D eigenvalue weighted by Gasteiger charge is 2.07. The molecule has 22 N–H and O–H groups in total. The normalized spacial score (nSPS) is 10.2. The molecular formula is C33H80N16O5. The van der Waals surface area contributed by atoms with E-state index in [1.54, 1.807) is 0 Å². The molecule has 0 radical (unpaired) electrons. The van der Waals surface area contributed by atoms with Gasteiger partial charge in [0.2, 0.25) is 17.7 Å². The van der Waals surface area contributed by atoms with E-state index in [9.17, 15) is 19.2 Å². The first kappa shape index (κ1) is 57.8. The smallest absolute Gasteiger partial charge is 0.329 e. The summed E-state index contributed by atoms with van der Waals surface area (Å²) >= 11 is 0. The van der Waals surface area contributed by atoms with Crippen LogP contribution in [0.5, 0.6) is 0 Å². The average molecular weight is 781 g/mol. The van der Waals surface area contributed by atoms with E-state index in [0.29, 0.717) is 111 Å². The number of amides is 3. The monoisotopic (exact) mass is 781 g/mol. The lowest BCUT2D eigenvalue weighted by Gasteiger charge is -2.23. The van der Waals surface area contributed by atoms with Crippen molar-refractivity contribution in [3.63, 3.8) is 0 Å². The van der Waals surface area contributed by atoms with Crippen molar-refractivity contribution in [2.45, 2.75) is 19.3 Å². The molecule has 0 heterocycles. The van der Waals surface area contributed by atoms with Gasteiger partial charge in [0.15, 0.2) is 0 Å². The van der Waals surface area contributed by atoms with Gasteiger partial charge in [-0.25, -0.2) is 4.79 Å². The second-order valence-corrected chi connectivity index (χ2v) is 11.3. The number of rotatable bonds is 32. The van der Waals surface area contributed by atoms with E-state index in [2.05, 4.69) is 53.0 Å². The first-order valence-electron chi connectivity index (χ1n) is 18.8. The Morgan fingerprint density at radius 3 is 0.963 bits per heavy atom. The molecule has 0 aromatic heterocycles. The van der Waals surface area contributed by atoms with Crippen LogP contribution < -0.4 is 77.8 Å². The average Bonchev–Trinajstić information content (AvgIpc) is 3.18. The summed E-state index contributed by atoms with van der Waals surface area (Å²) in [6.45, 7) is 18.4. The largest absolute Gasteiger partial charge is 0.466 e. The number of ether oxygens (including phenoxy) is 1. The lowest BCUT2D eigenvalue weighted by atomic mass is 10.3. The van der Waals surface area contributed by atoms with Gasteiger partial charge in [-0.1, -0.05) is 6.58 Å². The number of hydrogen-bond acceptors (Lipinski definition) is 18. The maximum absolute atomic E-state index is 11.6. The fraction of sp³-hybridized carbons (Fsp3) is 0.818. The molecule has 0 aliphatic heterocycles. The zero-order valence-electron chi connectivity index (χ0n) is 33.2. The minimum atomic E-state index is -0.394. The van der Waals surface area contributed by atoms with E-state index >= 15 is 0 Å². The lowest BCUT2D eigenvalue weighted by Crippen LogP contribution is -2.42. The van der Waals surface area contributed by atoms with Gasteiger partial charge in [0.05, 0.1) is 7.11 Å². The van der Waals surface area contributed by atoms with Crippen LogP contribution in [0.2, 0.25) is 0 Å². The number of nitrogens with zero attached hydrogens (tertiary/aromatic N) is 2. The molecule has 0 aliphatic rings. The zero-order chi connectivity index (χ0) is 41.5. The molecule has 0 aliphatic carbocycles. The molecule has 0 unspecified atom stereocenters. The summed E-state index contributed by atoms with van der Waals surface area (Å²) in [5, 5.41) is 18.1. The lowest BCUT2D eigenvalue weighted by molar-refractivity contribution is -0.134. The Labute approximate surface area is 324 Å². The molecule has 0 saturated heterocycles. The van der Waals surface area contributed by atoms with Gasteiger partial charge in [0.25, 0.3) is 0 Å². The molecular weight excluding hydrogens is 700 g/mol. The van der Waals surface area contributed by atoms with Crippen LogP contribution in [0.1, 0.15) is 19.3 Å². The Morgan fingerprint density at radius 1 is 0.463 bits per heavy atom. The summed E-state index contributed by atoms with van der Waals surface area (Å²) in [5.74, 6) is -0.410. The van der Waals surface area contributed by atoms with Crippen LogP contribution in [0.3, 0.4) is 0 Å². The molecule has 21 nitrogen and oxygen atoms in total. The van der Waals surface area contributed by atoms with Crippen molar-refractivity contribution in [1.82, 2.24) is 41.7 Å². The van der Waals surface area contributed by atoms with E-state index in [1.165, 1.54) is 7.11 Å². The zero-order valence-corrected chi connectivity index (χ0v) is 33.2. The van der Waals surface area contributed by atoms with E-state index < -0.39 is 5.97 Å². The number of nitrogens with one attached hydrogen (secondary N) is 6. The molecule has 3 amide bonds. The van der Waals surface area contributed by atoms with Gasteiger partial charge in [-0.2, -0.15) is 0 Å². The third kappa shape index (κ3) is 51.2. The van der Waals surface area contributed by atoms with Gasteiger partial charge in [-0.05, 0) is 0 Å². The van der Waals surface area contributed by atoms with Crippen molar-refractivity contribution >= 4 is 23.7 Å². The van der Waals surface area contributed by atoms with Gasteiger partial charge in [0, 0.05) is 176 Å². The SMILES string of the molecule is C=CC(=O)OC.NCCN.NCCN(CCN)CCN.NCCNC(=O)CCNCCN(CCNCCC(=O)NCCN)CCNCCC(=O)NCCN. The highest BCUT2D eigenvalue weighted by Crippen LogP contribution is 1.88. The Morgan fingerprint density at radius 2 is 0.759 bits per heavy atom. The van der Waals surface area contributed by atoms with Gasteiger partial charge in [-0.15, -0.1) is 0 Å². The van der Waals surface area contributed by atoms with Crippen LogP contribution in [0.15, 0.2) is 12.7 Å². The van der Waals surface area contributed by atoms with Crippen molar-refractivity contribution in [2.75, 3.05) is 158 Å². The molecule has 0 aromatic rings. The van der Waals surface area contributed by atoms with Crippen LogP contribution in [0.4, 0.5) is 0 Å². The van der Waals surface area contributed by atoms with E-state index in [0.717, 1.165) is 65.0 Å². The maximum Gasteiger partial charge on any atom is 0.329 e. The summed E-state index contributed by atoms with van der Waals surface area (Å²) in [6.07, 6.45) is 2.37. The summed E-state index contributed by atoms with van der Waals surface area (Å²) in [6, 6.07) is 0. The minimum absolute atomic E-state index is 0.00537. The molecule has 0 spiro atoms. The quantitative estimate of drug-likeness (QED) is 0.0171. The highest BCUT2D eigenvalue weighted by atomic mass is 16.5. The topological polar surface area (TPSA) is 364 Å². The predicted molar refractivity (Wildman–Crippen MR) is 219 cm³/mol. The summed E-state index contributed by atoms with van der Waals surface area (Å²) in [7, 11) is 1.31. The Bertz CT molecular complexity index is 761. The summed E-state index contributed by atoms with van der Waals surface area (Å²) < 4.78 is 4.14. The standard InChI is InChI=1S/C21H48N10O3.C6H18N4.C4H6O2.C2H8N2/c22-4-10-28-19(32)1-7-25-13-16-31(17-14-26-8-2-20(33)29-11-5-23)18-15-27-9-3-21(34)30-12-6-24;7-1-4-10(5-2-8)6-3-9;1-3-4(5)6-2;3-1-2-4/h25-27H,1-18,22-24H2,(H,28,32)(H,29,33)(H,30,34);1-9H2;3H,1H2,2H3;1-4H2. The number of esters is 1. The molecule has 0 aromatic carbocycles. The van der Waals surface area contributed by atoms with E-state index in [1.807, 2.05) is 0 Å². The van der Waals surface area contributed by atoms with Crippen molar-refractivity contribution in [2.24, 2.45) is 45.9 Å². The van der Waals surface area contributed by atoms with Crippen LogP contribution in [-0.2, 0) is 23.9 Å². The molecule has 0 saturated carbocycles. The third-order valence-electron chi connectivity index (χ3n) is 6.67. The number of carbonyl (C=O) groups excluding carboxylic acids is 4. The summed E-state index contributed by atoms with van der Waals surface area (Å²) in [5.41, 5.74) is 42.0. The van der Waals surface area contributed by atoms with Gasteiger partial charge < -0.3 is 82.5 Å². The van der Waals surface area contributed by atoms with Crippen LogP contribution in [0.25, 0.3) is 0 Å². The minimum Gasteiger partial charge on any atom is -0.466 e. The highest BCUT2D eigenvalue weighted by molar-refractivity contribution is 5.81. The Kier molecular flexibility index (Phi) is 53.6. The van der Waals surface area contributed by atoms with Crippen molar-refractivity contribution in [3.05, 3.63) is 12.7 Å². The predicted octanol–water partition coefficient (Wildman–Crippen LogP) is -7.13. The van der Waals surface area contributed by atoms with E-state index in [4.69, 9.17) is 45.9 Å². The molecule has 0 fully saturated rings. The second kappa shape index (κ2) is 50.1. The first-order valence-corrected chi connectivity index (χ1v) is 18.8. The van der Waals surface area contributed by atoms with E-state index in [-0.39, 0.29) is 17.7 Å². The molecule has 0 atom stereocenters. The Hall–Kier alpha value is -2.90. The van der Waals surface area contributed by atoms with Gasteiger partial charge in [-0.3, -0.25) is 24.2 Å². The summed E-state index contributed by atoms with van der Waals surface area (Å²) in [4.78, 5) is 49.1. The molecule has 322 valence electrons. The van der Waals surface area contributed by atoms with Crippen molar-refractivity contribution < 1.29 is 23.9 Å². The second-order valence-electron chi connectivity index (χ2n) is 11.3. The molecule has 0 bridgehead atoms.